The Kier molecular flexibility index (Phi) is 3.78. The Labute approximate surface area is 102 Å². The minimum absolute atomic E-state index is 0.306. The lowest BCUT2D eigenvalue weighted by molar-refractivity contribution is 0.376. The van der Waals surface area contributed by atoms with E-state index in [-0.39, 0.29) is 0 Å². The Morgan fingerprint density at radius 3 is 2.65 bits per heavy atom. The van der Waals surface area contributed by atoms with Gasteiger partial charge in [0.1, 0.15) is 0 Å². The average Bonchev–Trinajstić information content (AvgIpc) is 2.24. The minimum Gasteiger partial charge on any atom is -0.481 e. The SMILES string of the molecule is COc1nc(N)nc(C2CCC2)c1CCCN. The van der Waals surface area contributed by atoms with E-state index in [0.717, 1.165) is 24.1 Å². The summed E-state index contributed by atoms with van der Waals surface area (Å²) < 4.78 is 5.31. The number of nitrogens with two attached hydrogens (primary N) is 2. The highest BCUT2D eigenvalue weighted by atomic mass is 16.5. The van der Waals surface area contributed by atoms with Crippen molar-refractivity contribution in [2.24, 2.45) is 5.73 Å². The summed E-state index contributed by atoms with van der Waals surface area (Å²) >= 11 is 0. The molecular weight excluding hydrogens is 216 g/mol. The van der Waals surface area contributed by atoms with Crippen molar-refractivity contribution in [2.45, 2.75) is 38.0 Å². The summed E-state index contributed by atoms with van der Waals surface area (Å²) in [6, 6.07) is 0. The Bertz CT molecular complexity index is 390. The molecule has 0 unspecified atom stereocenters. The molecule has 1 aliphatic carbocycles. The molecule has 4 N–H and O–H groups in total. The molecule has 94 valence electrons. The Balaban J connectivity index is 2.34. The van der Waals surface area contributed by atoms with Crippen LogP contribution >= 0.6 is 0 Å². The zero-order valence-electron chi connectivity index (χ0n) is 10.3. The first kappa shape index (κ1) is 12.1. The van der Waals surface area contributed by atoms with E-state index in [0.29, 0.717) is 24.3 Å². The fourth-order valence-electron chi connectivity index (χ4n) is 2.20. The number of hydrogen-bond donors (Lipinski definition) is 2. The molecule has 5 nitrogen and oxygen atoms in total. The smallest absolute Gasteiger partial charge is 0.223 e. The van der Waals surface area contributed by atoms with Crippen LogP contribution in [0.1, 0.15) is 42.9 Å². The van der Waals surface area contributed by atoms with Crippen LogP contribution in [0, 0.1) is 0 Å². The third kappa shape index (κ3) is 2.49. The normalized spacial score (nSPS) is 15.6. The van der Waals surface area contributed by atoms with Gasteiger partial charge >= 0.3 is 0 Å². The van der Waals surface area contributed by atoms with E-state index in [1.165, 1.54) is 19.3 Å². The molecule has 0 atom stereocenters. The zero-order valence-corrected chi connectivity index (χ0v) is 10.3. The number of anilines is 1. The lowest BCUT2D eigenvalue weighted by atomic mass is 9.80. The lowest BCUT2D eigenvalue weighted by Gasteiger charge is -2.27. The van der Waals surface area contributed by atoms with Crippen molar-refractivity contribution in [1.82, 2.24) is 9.97 Å². The second-order valence-electron chi connectivity index (χ2n) is 4.47. The first-order valence-corrected chi connectivity index (χ1v) is 6.16. The van der Waals surface area contributed by atoms with E-state index in [1.807, 2.05) is 0 Å². The van der Waals surface area contributed by atoms with Crippen molar-refractivity contribution in [3.63, 3.8) is 0 Å². The third-order valence-corrected chi connectivity index (χ3v) is 3.33. The van der Waals surface area contributed by atoms with E-state index in [2.05, 4.69) is 9.97 Å². The maximum absolute atomic E-state index is 5.72. The van der Waals surface area contributed by atoms with Gasteiger partial charge in [-0.1, -0.05) is 6.42 Å². The highest BCUT2D eigenvalue weighted by Crippen LogP contribution is 2.39. The van der Waals surface area contributed by atoms with E-state index in [1.54, 1.807) is 7.11 Å². The molecule has 1 aliphatic rings. The highest BCUT2D eigenvalue weighted by molar-refractivity contribution is 5.38. The van der Waals surface area contributed by atoms with Crippen LogP contribution in [0.2, 0.25) is 0 Å². The molecular formula is C12H20N4O. The molecule has 1 aromatic rings. The van der Waals surface area contributed by atoms with Gasteiger partial charge in [-0.2, -0.15) is 4.98 Å². The van der Waals surface area contributed by atoms with Gasteiger partial charge in [0.15, 0.2) is 0 Å². The predicted octanol–water partition coefficient (Wildman–Crippen LogP) is 1.23. The van der Waals surface area contributed by atoms with Crippen molar-refractivity contribution in [3.8, 4) is 5.88 Å². The molecule has 0 aliphatic heterocycles. The topological polar surface area (TPSA) is 87.0 Å². The fraction of sp³-hybridized carbons (Fsp3) is 0.667. The van der Waals surface area contributed by atoms with E-state index >= 15 is 0 Å². The van der Waals surface area contributed by atoms with Crippen LogP contribution in [0.5, 0.6) is 5.88 Å². The van der Waals surface area contributed by atoms with Crippen LogP contribution in [-0.4, -0.2) is 23.6 Å². The van der Waals surface area contributed by atoms with Crippen LogP contribution in [0.3, 0.4) is 0 Å². The number of methoxy groups -OCH3 is 1. The first-order valence-electron chi connectivity index (χ1n) is 6.16. The number of ether oxygens (including phenoxy) is 1. The van der Waals surface area contributed by atoms with Crippen molar-refractivity contribution < 1.29 is 4.74 Å². The molecule has 1 fully saturated rings. The second kappa shape index (κ2) is 5.31. The van der Waals surface area contributed by atoms with Crippen LogP contribution in [0.4, 0.5) is 5.95 Å². The zero-order chi connectivity index (χ0) is 12.3. The molecule has 1 heterocycles. The predicted molar refractivity (Wildman–Crippen MR) is 67.0 cm³/mol. The highest BCUT2D eigenvalue weighted by Gasteiger charge is 2.26. The van der Waals surface area contributed by atoms with Crippen molar-refractivity contribution in [2.75, 3.05) is 19.4 Å². The number of nitrogens with zero attached hydrogens (tertiary/aromatic N) is 2. The number of aromatic nitrogens is 2. The molecule has 17 heavy (non-hydrogen) atoms. The molecule has 0 aromatic carbocycles. The van der Waals surface area contributed by atoms with E-state index < -0.39 is 0 Å². The summed E-state index contributed by atoms with van der Waals surface area (Å²) in [6.45, 7) is 0.664. The van der Waals surface area contributed by atoms with Gasteiger partial charge in [0.05, 0.1) is 12.8 Å². The standard InChI is InChI=1S/C12H20N4O/c1-17-11-9(6-3-7-13)10(8-4-2-5-8)15-12(14)16-11/h8H,2-7,13H2,1H3,(H2,14,15,16). The maximum atomic E-state index is 5.72. The fourth-order valence-corrected chi connectivity index (χ4v) is 2.20. The van der Waals surface area contributed by atoms with Crippen LogP contribution < -0.4 is 16.2 Å². The number of hydrogen-bond acceptors (Lipinski definition) is 5. The van der Waals surface area contributed by atoms with E-state index in [4.69, 9.17) is 16.2 Å². The maximum Gasteiger partial charge on any atom is 0.223 e. The third-order valence-electron chi connectivity index (χ3n) is 3.33. The van der Waals surface area contributed by atoms with Crippen LogP contribution in [0.25, 0.3) is 0 Å². The van der Waals surface area contributed by atoms with Gasteiger partial charge in [-0.25, -0.2) is 4.98 Å². The molecule has 1 saturated carbocycles. The Hall–Kier alpha value is -1.36. The van der Waals surface area contributed by atoms with Gasteiger partial charge in [0.2, 0.25) is 11.8 Å². The number of nitrogen functional groups attached to an aromatic ring is 1. The van der Waals surface area contributed by atoms with Gasteiger partial charge in [-0.15, -0.1) is 0 Å². The first-order chi connectivity index (χ1) is 8.26. The lowest BCUT2D eigenvalue weighted by Crippen LogP contribution is -2.17. The van der Waals surface area contributed by atoms with Gasteiger partial charge in [-0.3, -0.25) is 0 Å². The number of rotatable bonds is 5. The molecule has 0 amide bonds. The molecule has 0 saturated heterocycles. The quantitative estimate of drug-likeness (QED) is 0.802. The molecule has 0 bridgehead atoms. The largest absolute Gasteiger partial charge is 0.481 e. The van der Waals surface area contributed by atoms with Crippen molar-refractivity contribution in [1.29, 1.82) is 0 Å². The van der Waals surface area contributed by atoms with Crippen molar-refractivity contribution in [3.05, 3.63) is 11.3 Å². The minimum atomic E-state index is 0.306. The summed E-state index contributed by atoms with van der Waals surface area (Å²) in [7, 11) is 1.62. The molecule has 0 radical (unpaired) electrons. The molecule has 5 heteroatoms. The second-order valence-corrected chi connectivity index (χ2v) is 4.47. The summed E-state index contributed by atoms with van der Waals surface area (Å²) in [6.07, 6.45) is 5.44. The Morgan fingerprint density at radius 1 is 1.35 bits per heavy atom. The Morgan fingerprint density at radius 2 is 2.12 bits per heavy atom. The van der Waals surface area contributed by atoms with Gasteiger partial charge < -0.3 is 16.2 Å². The van der Waals surface area contributed by atoms with Crippen LogP contribution in [-0.2, 0) is 6.42 Å². The van der Waals surface area contributed by atoms with Crippen molar-refractivity contribution >= 4 is 5.95 Å². The summed E-state index contributed by atoms with van der Waals surface area (Å²) in [5, 5.41) is 0. The van der Waals surface area contributed by atoms with Gasteiger partial charge in [0.25, 0.3) is 0 Å². The molecule has 0 spiro atoms. The summed E-state index contributed by atoms with van der Waals surface area (Å²) in [5.41, 5.74) is 13.5. The summed E-state index contributed by atoms with van der Waals surface area (Å²) in [5.74, 6) is 1.45. The van der Waals surface area contributed by atoms with Gasteiger partial charge in [-0.05, 0) is 32.2 Å². The molecule has 2 rings (SSSR count). The molecule has 1 aromatic heterocycles. The van der Waals surface area contributed by atoms with Crippen LogP contribution in [0.15, 0.2) is 0 Å². The average molecular weight is 236 g/mol. The summed E-state index contributed by atoms with van der Waals surface area (Å²) in [4.78, 5) is 8.55. The monoisotopic (exact) mass is 236 g/mol. The van der Waals surface area contributed by atoms with Gasteiger partial charge in [0, 0.05) is 11.5 Å². The van der Waals surface area contributed by atoms with E-state index in [9.17, 15) is 0 Å².